The predicted octanol–water partition coefficient (Wildman–Crippen LogP) is 0.606. The maximum atomic E-state index is 11.8. The van der Waals surface area contributed by atoms with Crippen LogP contribution in [0, 0.1) is 5.92 Å². The van der Waals surface area contributed by atoms with Crippen molar-refractivity contribution in [2.45, 2.75) is 57.0 Å². The third-order valence-corrected chi connectivity index (χ3v) is 4.80. The van der Waals surface area contributed by atoms with E-state index in [0.29, 0.717) is 12.8 Å². The molecule has 2 rings (SSSR count). The summed E-state index contributed by atoms with van der Waals surface area (Å²) >= 11 is 0. The van der Waals surface area contributed by atoms with E-state index in [1.165, 1.54) is 0 Å². The normalized spacial score (nSPS) is 29.8. The lowest BCUT2D eigenvalue weighted by molar-refractivity contribution is -0.142. The lowest BCUT2D eigenvalue weighted by atomic mass is 9.96. The molecule has 2 atom stereocenters. The van der Waals surface area contributed by atoms with Gasteiger partial charge in [-0.15, -0.1) is 0 Å². The Hall–Kier alpha value is -0.660. The van der Waals surface area contributed by atoms with Crippen molar-refractivity contribution in [1.29, 1.82) is 0 Å². The highest BCUT2D eigenvalue weighted by Gasteiger charge is 2.34. The number of hydrogen-bond acceptors (Lipinski definition) is 3. The Morgan fingerprint density at radius 2 is 1.67 bits per heavy atom. The van der Waals surface area contributed by atoms with Gasteiger partial charge in [-0.3, -0.25) is 4.79 Å². The van der Waals surface area contributed by atoms with E-state index >= 15 is 0 Å². The first-order chi connectivity index (χ1) is 8.48. The summed E-state index contributed by atoms with van der Waals surface area (Å²) in [6.07, 6.45) is 5.58. The van der Waals surface area contributed by atoms with Crippen LogP contribution in [0.15, 0.2) is 0 Å². The average Bonchev–Trinajstić information content (AvgIpc) is 3.04. The summed E-state index contributed by atoms with van der Waals surface area (Å²) < 4.78 is 28.7. The zero-order valence-electron chi connectivity index (χ0n) is 10.3. The molecule has 0 bridgehead atoms. The molecule has 0 saturated heterocycles. The molecule has 0 heterocycles. The monoisotopic (exact) mass is 276 g/mol. The molecule has 2 aliphatic rings. The zero-order valence-corrected chi connectivity index (χ0v) is 11.1. The molecule has 7 heteroatoms. The Labute approximate surface area is 107 Å². The summed E-state index contributed by atoms with van der Waals surface area (Å²) in [5.74, 6) is -1.51. The Morgan fingerprint density at radius 3 is 2.28 bits per heavy atom. The fourth-order valence-corrected chi connectivity index (χ4v) is 3.82. The van der Waals surface area contributed by atoms with Gasteiger partial charge >= 0.3 is 5.97 Å². The Bertz CT molecular complexity index is 405. The van der Waals surface area contributed by atoms with Crippen LogP contribution in [0.25, 0.3) is 0 Å². The number of carboxylic acid groups (broad SMARTS) is 1. The van der Waals surface area contributed by atoms with Crippen LogP contribution in [-0.2, 0) is 15.0 Å². The molecule has 2 fully saturated rings. The van der Waals surface area contributed by atoms with Crippen molar-refractivity contribution in [1.82, 2.24) is 9.44 Å². The summed E-state index contributed by atoms with van der Waals surface area (Å²) in [6, 6.07) is -0.446. The van der Waals surface area contributed by atoms with Crippen LogP contribution in [-0.4, -0.2) is 31.6 Å². The summed E-state index contributed by atoms with van der Waals surface area (Å²) in [5, 5.41) is 9.17. The highest BCUT2D eigenvalue weighted by atomic mass is 32.2. The van der Waals surface area contributed by atoms with Gasteiger partial charge in [0, 0.05) is 12.1 Å². The minimum absolute atomic E-state index is 0.0385. The molecule has 3 N–H and O–H groups in total. The van der Waals surface area contributed by atoms with Gasteiger partial charge in [-0.1, -0.05) is 19.3 Å². The van der Waals surface area contributed by atoms with Gasteiger partial charge in [-0.25, -0.2) is 0 Å². The molecule has 0 aromatic heterocycles. The molecule has 2 aliphatic carbocycles. The number of aliphatic carboxylic acids is 1. The van der Waals surface area contributed by atoms with Crippen molar-refractivity contribution in [3.05, 3.63) is 0 Å². The summed E-state index contributed by atoms with van der Waals surface area (Å²) in [4.78, 5) is 11.2. The predicted molar refractivity (Wildman–Crippen MR) is 66.2 cm³/mol. The molecule has 0 aromatic rings. The van der Waals surface area contributed by atoms with E-state index < -0.39 is 28.1 Å². The van der Waals surface area contributed by atoms with E-state index in [-0.39, 0.29) is 6.04 Å². The van der Waals surface area contributed by atoms with Crippen LogP contribution in [0.2, 0.25) is 0 Å². The van der Waals surface area contributed by atoms with Crippen LogP contribution < -0.4 is 9.44 Å². The standard InChI is InChI=1S/C11H20N2O4S/c14-11(15)9-4-2-1-3-5-10(9)13-18(16,17)12-8-6-7-8/h8-10,12-13H,1-7H2,(H,14,15). The minimum atomic E-state index is -3.56. The largest absolute Gasteiger partial charge is 0.481 e. The molecule has 2 unspecified atom stereocenters. The molecular weight excluding hydrogens is 256 g/mol. The molecule has 0 spiro atoms. The van der Waals surface area contributed by atoms with Crippen LogP contribution >= 0.6 is 0 Å². The van der Waals surface area contributed by atoms with E-state index in [1.54, 1.807) is 0 Å². The minimum Gasteiger partial charge on any atom is -0.481 e. The molecule has 18 heavy (non-hydrogen) atoms. The number of rotatable bonds is 5. The maximum absolute atomic E-state index is 11.8. The topological polar surface area (TPSA) is 95.5 Å². The van der Waals surface area contributed by atoms with Gasteiger partial charge in [0.15, 0.2) is 0 Å². The Morgan fingerprint density at radius 1 is 1.00 bits per heavy atom. The van der Waals surface area contributed by atoms with E-state index in [0.717, 1.165) is 32.1 Å². The molecule has 0 amide bonds. The Kier molecular flexibility index (Phi) is 4.24. The van der Waals surface area contributed by atoms with Crippen LogP contribution in [0.1, 0.15) is 44.9 Å². The van der Waals surface area contributed by atoms with Crippen LogP contribution in [0.3, 0.4) is 0 Å². The van der Waals surface area contributed by atoms with Crippen molar-refractivity contribution in [3.63, 3.8) is 0 Å². The van der Waals surface area contributed by atoms with Gasteiger partial charge in [0.05, 0.1) is 5.92 Å². The van der Waals surface area contributed by atoms with Gasteiger partial charge in [0.2, 0.25) is 0 Å². The molecule has 0 aliphatic heterocycles. The van der Waals surface area contributed by atoms with Crippen molar-refractivity contribution >= 4 is 16.2 Å². The maximum Gasteiger partial charge on any atom is 0.308 e. The second-order valence-electron chi connectivity index (χ2n) is 5.20. The molecular formula is C11H20N2O4S. The molecule has 0 aromatic carbocycles. The van der Waals surface area contributed by atoms with E-state index in [4.69, 9.17) is 5.11 Å². The smallest absolute Gasteiger partial charge is 0.308 e. The zero-order chi connectivity index (χ0) is 13.2. The summed E-state index contributed by atoms with van der Waals surface area (Å²) in [7, 11) is -3.56. The van der Waals surface area contributed by atoms with E-state index in [1.807, 2.05) is 0 Å². The second-order valence-corrected chi connectivity index (χ2v) is 6.68. The highest BCUT2D eigenvalue weighted by Crippen LogP contribution is 2.25. The third kappa shape index (κ3) is 3.93. The van der Waals surface area contributed by atoms with Gasteiger partial charge in [0.25, 0.3) is 10.2 Å². The van der Waals surface area contributed by atoms with Crippen molar-refractivity contribution in [2.75, 3.05) is 0 Å². The van der Waals surface area contributed by atoms with Crippen molar-refractivity contribution < 1.29 is 18.3 Å². The van der Waals surface area contributed by atoms with Gasteiger partial charge in [-0.05, 0) is 25.7 Å². The summed E-state index contributed by atoms with van der Waals surface area (Å²) in [5.41, 5.74) is 0. The van der Waals surface area contributed by atoms with Gasteiger partial charge in [0.1, 0.15) is 0 Å². The van der Waals surface area contributed by atoms with Gasteiger partial charge < -0.3 is 5.11 Å². The quantitative estimate of drug-likeness (QED) is 0.641. The van der Waals surface area contributed by atoms with Gasteiger partial charge in [-0.2, -0.15) is 17.9 Å². The number of nitrogens with one attached hydrogen (secondary N) is 2. The number of hydrogen-bond donors (Lipinski definition) is 3. The molecule has 6 nitrogen and oxygen atoms in total. The first-order valence-electron chi connectivity index (χ1n) is 6.50. The van der Waals surface area contributed by atoms with E-state index in [2.05, 4.69) is 9.44 Å². The first-order valence-corrected chi connectivity index (χ1v) is 7.98. The number of carbonyl (C=O) groups is 1. The third-order valence-electron chi connectivity index (χ3n) is 3.54. The van der Waals surface area contributed by atoms with Crippen molar-refractivity contribution in [3.8, 4) is 0 Å². The van der Waals surface area contributed by atoms with Crippen LogP contribution in [0.4, 0.5) is 0 Å². The van der Waals surface area contributed by atoms with Crippen LogP contribution in [0.5, 0.6) is 0 Å². The highest BCUT2D eigenvalue weighted by molar-refractivity contribution is 7.87. The average molecular weight is 276 g/mol. The molecule has 104 valence electrons. The fourth-order valence-electron chi connectivity index (χ4n) is 2.40. The van der Waals surface area contributed by atoms with Crippen molar-refractivity contribution in [2.24, 2.45) is 5.92 Å². The molecule has 2 saturated carbocycles. The second kappa shape index (κ2) is 5.54. The molecule has 0 radical (unpaired) electrons. The first kappa shape index (κ1) is 13.8. The SMILES string of the molecule is O=C(O)C1CCCCCC1NS(=O)(=O)NC1CC1. The summed E-state index contributed by atoms with van der Waals surface area (Å²) in [6.45, 7) is 0. The lowest BCUT2D eigenvalue weighted by Gasteiger charge is -2.22. The fraction of sp³-hybridized carbons (Fsp3) is 0.909. The van der Waals surface area contributed by atoms with E-state index in [9.17, 15) is 13.2 Å². The Balaban J connectivity index is 2.00. The lowest BCUT2D eigenvalue weighted by Crippen LogP contribution is -2.48. The number of carboxylic acids is 1.